The van der Waals surface area contributed by atoms with Crippen molar-refractivity contribution in [1.29, 1.82) is 0 Å². The Bertz CT molecular complexity index is 405. The monoisotopic (exact) mass is 235 g/mol. The Morgan fingerprint density at radius 1 is 1.35 bits per heavy atom. The second-order valence-electron chi connectivity index (χ2n) is 4.52. The minimum atomic E-state index is -0.686. The quantitative estimate of drug-likeness (QED) is 0.619. The zero-order valence-corrected chi connectivity index (χ0v) is 10.2. The second-order valence-corrected chi connectivity index (χ2v) is 4.52. The van der Waals surface area contributed by atoms with Gasteiger partial charge in [-0.2, -0.15) is 5.10 Å². The summed E-state index contributed by atoms with van der Waals surface area (Å²) in [6, 6.07) is 6.68. The molecule has 0 atom stereocenters. The summed E-state index contributed by atoms with van der Waals surface area (Å²) >= 11 is 0. The first-order valence-electron chi connectivity index (χ1n) is 5.24. The number of benzene rings is 1. The van der Waals surface area contributed by atoms with E-state index in [2.05, 4.69) is 10.5 Å². The molecule has 3 N–H and O–H groups in total. The minimum absolute atomic E-state index is 0.219. The average molecular weight is 235 g/mol. The number of primary amides is 1. The van der Waals surface area contributed by atoms with Gasteiger partial charge in [0.1, 0.15) is 11.4 Å². The highest BCUT2D eigenvalue weighted by Gasteiger charge is 2.10. The summed E-state index contributed by atoms with van der Waals surface area (Å²) in [5.74, 6) is 0.789. The van der Waals surface area contributed by atoms with E-state index in [1.165, 1.54) is 6.21 Å². The highest BCUT2D eigenvalue weighted by atomic mass is 16.5. The lowest BCUT2D eigenvalue weighted by atomic mass is 10.2. The number of hydrogen-bond acceptors (Lipinski definition) is 3. The Morgan fingerprint density at radius 2 is 1.94 bits per heavy atom. The van der Waals surface area contributed by atoms with Crippen LogP contribution < -0.4 is 15.9 Å². The van der Waals surface area contributed by atoms with Crippen molar-refractivity contribution < 1.29 is 9.53 Å². The maximum Gasteiger partial charge on any atom is 0.332 e. The molecule has 0 spiro atoms. The number of urea groups is 1. The summed E-state index contributed by atoms with van der Waals surface area (Å²) in [4.78, 5) is 10.4. The van der Waals surface area contributed by atoms with Gasteiger partial charge in [-0.25, -0.2) is 10.2 Å². The van der Waals surface area contributed by atoms with Crippen LogP contribution in [0.5, 0.6) is 5.75 Å². The number of ether oxygens (including phenoxy) is 1. The van der Waals surface area contributed by atoms with E-state index in [1.807, 2.05) is 45.0 Å². The predicted molar refractivity (Wildman–Crippen MR) is 67.1 cm³/mol. The molecule has 0 bridgehead atoms. The number of carbonyl (C=O) groups excluding carboxylic acids is 1. The maximum atomic E-state index is 10.4. The summed E-state index contributed by atoms with van der Waals surface area (Å²) < 4.78 is 5.67. The smallest absolute Gasteiger partial charge is 0.332 e. The summed E-state index contributed by atoms with van der Waals surface area (Å²) in [5, 5.41) is 3.66. The third-order valence-corrected chi connectivity index (χ3v) is 1.69. The highest BCUT2D eigenvalue weighted by Crippen LogP contribution is 2.17. The fourth-order valence-electron chi connectivity index (χ4n) is 1.15. The van der Waals surface area contributed by atoms with Crippen LogP contribution in [-0.2, 0) is 0 Å². The molecule has 0 aliphatic heterocycles. The maximum absolute atomic E-state index is 10.4. The van der Waals surface area contributed by atoms with Crippen LogP contribution in [0, 0.1) is 0 Å². The first kappa shape index (κ1) is 13.0. The topological polar surface area (TPSA) is 76.7 Å². The van der Waals surface area contributed by atoms with Crippen LogP contribution in [0.2, 0.25) is 0 Å². The van der Waals surface area contributed by atoms with Gasteiger partial charge in [-0.15, -0.1) is 0 Å². The van der Waals surface area contributed by atoms with Crippen molar-refractivity contribution in [1.82, 2.24) is 5.43 Å². The first-order chi connectivity index (χ1) is 7.87. The van der Waals surface area contributed by atoms with E-state index < -0.39 is 6.03 Å². The molecule has 0 aliphatic rings. The van der Waals surface area contributed by atoms with E-state index in [1.54, 1.807) is 0 Å². The van der Waals surface area contributed by atoms with Crippen molar-refractivity contribution in [2.45, 2.75) is 26.4 Å². The van der Waals surface area contributed by atoms with Gasteiger partial charge < -0.3 is 10.5 Å². The molecular weight excluding hydrogens is 218 g/mol. The van der Waals surface area contributed by atoms with Crippen LogP contribution in [0.15, 0.2) is 29.4 Å². The summed E-state index contributed by atoms with van der Waals surface area (Å²) in [7, 11) is 0. The number of nitrogens with zero attached hydrogens (tertiary/aromatic N) is 1. The van der Waals surface area contributed by atoms with E-state index in [0.29, 0.717) is 0 Å². The van der Waals surface area contributed by atoms with Crippen molar-refractivity contribution in [2.24, 2.45) is 10.8 Å². The Hall–Kier alpha value is -2.04. The summed E-state index contributed by atoms with van der Waals surface area (Å²) in [5.41, 5.74) is 7.62. The van der Waals surface area contributed by atoms with Crippen molar-refractivity contribution in [3.05, 3.63) is 29.8 Å². The fraction of sp³-hybridized carbons (Fsp3) is 0.333. The van der Waals surface area contributed by atoms with Crippen molar-refractivity contribution in [3.63, 3.8) is 0 Å². The molecule has 1 aromatic rings. The fourth-order valence-corrected chi connectivity index (χ4v) is 1.15. The first-order valence-corrected chi connectivity index (χ1v) is 5.24. The normalized spacial score (nSPS) is 11.5. The average Bonchev–Trinajstić information content (AvgIpc) is 2.18. The van der Waals surface area contributed by atoms with E-state index in [4.69, 9.17) is 10.5 Å². The summed E-state index contributed by atoms with van der Waals surface area (Å²) in [6.07, 6.45) is 1.51. The lowest BCUT2D eigenvalue weighted by Crippen LogP contribution is -2.24. The van der Waals surface area contributed by atoms with Crippen LogP contribution in [0.4, 0.5) is 4.79 Å². The van der Waals surface area contributed by atoms with Crippen LogP contribution in [0.1, 0.15) is 26.3 Å². The van der Waals surface area contributed by atoms with Gasteiger partial charge in [0, 0.05) is 0 Å². The van der Waals surface area contributed by atoms with Crippen molar-refractivity contribution in [2.75, 3.05) is 0 Å². The SMILES string of the molecule is CC(C)(C)Oc1ccc(C=NNC(N)=O)cc1. The van der Waals surface area contributed by atoms with Crippen molar-refractivity contribution in [3.8, 4) is 5.75 Å². The lowest BCUT2D eigenvalue weighted by molar-refractivity contribution is 0.131. The van der Waals surface area contributed by atoms with Crippen LogP contribution in [0.3, 0.4) is 0 Å². The molecule has 1 rings (SSSR count). The number of hydrazone groups is 1. The third-order valence-electron chi connectivity index (χ3n) is 1.69. The highest BCUT2D eigenvalue weighted by molar-refractivity contribution is 5.81. The van der Waals surface area contributed by atoms with Gasteiger partial charge in [0.2, 0.25) is 0 Å². The minimum Gasteiger partial charge on any atom is -0.488 e. The molecular formula is C12H17N3O2. The van der Waals surface area contributed by atoms with Crippen LogP contribution in [0.25, 0.3) is 0 Å². The number of carbonyl (C=O) groups is 1. The number of amides is 2. The standard InChI is InChI=1S/C12H17N3O2/c1-12(2,3)17-10-6-4-9(5-7-10)8-14-15-11(13)16/h4-8H,1-3H3,(H3,13,15,16). The number of nitrogens with two attached hydrogens (primary N) is 1. The van der Waals surface area contributed by atoms with E-state index in [9.17, 15) is 4.79 Å². The molecule has 2 amide bonds. The van der Waals surface area contributed by atoms with Gasteiger partial charge >= 0.3 is 6.03 Å². The lowest BCUT2D eigenvalue weighted by Gasteiger charge is -2.21. The number of hydrogen-bond donors (Lipinski definition) is 2. The third kappa shape index (κ3) is 5.55. The van der Waals surface area contributed by atoms with Gasteiger partial charge in [-0.3, -0.25) is 0 Å². The molecule has 1 aromatic carbocycles. The van der Waals surface area contributed by atoms with Crippen LogP contribution in [-0.4, -0.2) is 17.8 Å². The molecule has 5 nitrogen and oxygen atoms in total. The molecule has 0 saturated heterocycles. The van der Waals surface area contributed by atoms with E-state index >= 15 is 0 Å². The van der Waals surface area contributed by atoms with Gasteiger partial charge in [-0.05, 0) is 50.6 Å². The Labute approximate surface area is 101 Å². The molecule has 92 valence electrons. The zero-order valence-electron chi connectivity index (χ0n) is 10.2. The Balaban J connectivity index is 2.62. The van der Waals surface area contributed by atoms with E-state index in [0.717, 1.165) is 11.3 Å². The van der Waals surface area contributed by atoms with Gasteiger partial charge in [-0.1, -0.05) is 0 Å². The molecule has 17 heavy (non-hydrogen) atoms. The number of nitrogens with one attached hydrogen (secondary N) is 1. The van der Waals surface area contributed by atoms with Gasteiger partial charge in [0.15, 0.2) is 0 Å². The summed E-state index contributed by atoms with van der Waals surface area (Å²) in [6.45, 7) is 5.96. The number of rotatable bonds is 3. The Morgan fingerprint density at radius 3 is 2.41 bits per heavy atom. The zero-order chi connectivity index (χ0) is 12.9. The molecule has 0 radical (unpaired) electrons. The second kappa shape index (κ2) is 5.34. The van der Waals surface area contributed by atoms with Gasteiger partial charge in [0.05, 0.1) is 6.21 Å². The molecule has 0 heterocycles. The molecule has 0 fully saturated rings. The van der Waals surface area contributed by atoms with Crippen molar-refractivity contribution >= 4 is 12.2 Å². The van der Waals surface area contributed by atoms with Crippen LogP contribution >= 0.6 is 0 Å². The van der Waals surface area contributed by atoms with Gasteiger partial charge in [0.25, 0.3) is 0 Å². The molecule has 0 aromatic heterocycles. The predicted octanol–water partition coefficient (Wildman–Crippen LogP) is 1.87. The molecule has 0 aliphatic carbocycles. The van der Waals surface area contributed by atoms with E-state index in [-0.39, 0.29) is 5.60 Å². The Kier molecular flexibility index (Phi) is 4.09. The largest absolute Gasteiger partial charge is 0.488 e. The molecule has 5 heteroatoms. The molecule has 0 unspecified atom stereocenters. The molecule has 0 saturated carbocycles.